The van der Waals surface area contributed by atoms with Crippen molar-refractivity contribution in [3.05, 3.63) is 35.9 Å². The van der Waals surface area contributed by atoms with Gasteiger partial charge in [0.15, 0.2) is 0 Å². The second-order valence-electron chi connectivity index (χ2n) is 7.79. The van der Waals surface area contributed by atoms with E-state index in [1.807, 2.05) is 44.2 Å². The minimum atomic E-state index is -0.932. The van der Waals surface area contributed by atoms with Gasteiger partial charge in [0.05, 0.1) is 11.8 Å². The fraction of sp³-hybridized carbons (Fsp3) is 0.524. The Hall–Kier alpha value is -2.75. The van der Waals surface area contributed by atoms with Gasteiger partial charge in [0, 0.05) is 19.0 Å². The molecule has 1 fully saturated rings. The molecule has 0 spiro atoms. The van der Waals surface area contributed by atoms with Crippen molar-refractivity contribution in [1.82, 2.24) is 20.9 Å². The topological polar surface area (TPSA) is 134 Å². The van der Waals surface area contributed by atoms with Crippen LogP contribution < -0.4 is 21.7 Å². The van der Waals surface area contributed by atoms with E-state index in [2.05, 4.69) is 16.0 Å². The third-order valence-electron chi connectivity index (χ3n) is 4.93. The van der Waals surface area contributed by atoms with Gasteiger partial charge in [-0.15, -0.1) is 0 Å². The van der Waals surface area contributed by atoms with Crippen LogP contribution in [0.5, 0.6) is 0 Å². The predicted molar refractivity (Wildman–Crippen MR) is 120 cm³/mol. The van der Waals surface area contributed by atoms with E-state index in [0.717, 1.165) is 5.56 Å². The standard InChI is InChI=1S/C21H31N5O4S/c1-13(2)23-21(30)25-15-9-10-26(17(27)12-31-3)18(15)20(29)24-16(19(22)28)11-14-7-5-4-6-8-14/h4-8,13,15-16,18H,9-12H2,1-3H3,(H2,22,28)(H,24,29)(H2,23,25,30). The SMILES string of the molecule is CSCC(=O)N1CCC(NC(=O)NC(C)C)C1C(=O)NC(Cc1ccccc1)C(N)=O. The number of nitrogens with two attached hydrogens (primary N) is 1. The van der Waals surface area contributed by atoms with Crippen molar-refractivity contribution in [2.24, 2.45) is 5.73 Å². The van der Waals surface area contributed by atoms with E-state index in [1.54, 1.807) is 6.26 Å². The number of benzene rings is 1. The van der Waals surface area contributed by atoms with Gasteiger partial charge >= 0.3 is 6.03 Å². The Morgan fingerprint density at radius 2 is 1.84 bits per heavy atom. The summed E-state index contributed by atoms with van der Waals surface area (Å²) in [5, 5.41) is 8.21. The van der Waals surface area contributed by atoms with Gasteiger partial charge in [-0.1, -0.05) is 30.3 Å². The average Bonchev–Trinajstić information content (AvgIpc) is 3.11. The fourth-order valence-corrected chi connectivity index (χ4v) is 3.97. The van der Waals surface area contributed by atoms with Gasteiger partial charge in [-0.25, -0.2) is 4.79 Å². The third kappa shape index (κ3) is 7.16. The summed E-state index contributed by atoms with van der Waals surface area (Å²) in [6.07, 6.45) is 2.47. The molecule has 3 unspecified atom stereocenters. The Labute approximate surface area is 186 Å². The molecule has 0 saturated carbocycles. The molecule has 1 aliphatic rings. The Kier molecular flexibility index (Phi) is 9.17. The largest absolute Gasteiger partial charge is 0.368 e. The smallest absolute Gasteiger partial charge is 0.315 e. The predicted octanol–water partition coefficient (Wildman–Crippen LogP) is 0.239. The molecule has 1 aliphatic heterocycles. The first-order valence-electron chi connectivity index (χ1n) is 10.2. The zero-order chi connectivity index (χ0) is 23.0. The molecule has 1 aromatic rings. The number of carbonyl (C=O) groups is 4. The lowest BCUT2D eigenvalue weighted by molar-refractivity contribution is -0.138. The lowest BCUT2D eigenvalue weighted by Gasteiger charge is -2.29. The van der Waals surface area contributed by atoms with Crippen molar-refractivity contribution >= 4 is 35.5 Å². The maximum absolute atomic E-state index is 13.2. The molecule has 31 heavy (non-hydrogen) atoms. The first kappa shape index (κ1) is 24.5. The van der Waals surface area contributed by atoms with Crippen LogP contribution in [0.25, 0.3) is 0 Å². The van der Waals surface area contributed by atoms with E-state index in [-0.39, 0.29) is 24.1 Å². The zero-order valence-corrected chi connectivity index (χ0v) is 18.9. The van der Waals surface area contributed by atoms with Crippen LogP contribution in [0.2, 0.25) is 0 Å². The van der Waals surface area contributed by atoms with Crippen LogP contribution in [-0.4, -0.2) is 71.4 Å². The number of amides is 5. The Balaban J connectivity index is 2.18. The van der Waals surface area contributed by atoms with Crippen LogP contribution in [0.15, 0.2) is 30.3 Å². The van der Waals surface area contributed by atoms with Gasteiger partial charge in [-0.3, -0.25) is 14.4 Å². The second kappa shape index (κ2) is 11.6. The lowest BCUT2D eigenvalue weighted by Crippen LogP contribution is -2.59. The average molecular weight is 450 g/mol. The van der Waals surface area contributed by atoms with E-state index in [0.29, 0.717) is 13.0 Å². The van der Waals surface area contributed by atoms with Gasteiger partial charge in [0.1, 0.15) is 12.1 Å². The van der Waals surface area contributed by atoms with Crippen LogP contribution in [0.3, 0.4) is 0 Å². The summed E-state index contributed by atoms with van der Waals surface area (Å²) in [6, 6.07) is 6.29. The molecule has 170 valence electrons. The van der Waals surface area contributed by atoms with E-state index < -0.39 is 36.0 Å². The normalized spacial score (nSPS) is 19.0. The van der Waals surface area contributed by atoms with Crippen molar-refractivity contribution < 1.29 is 19.2 Å². The number of likely N-dealkylation sites (tertiary alicyclic amines) is 1. The molecule has 2 rings (SSSR count). The molecule has 0 aliphatic carbocycles. The first-order chi connectivity index (χ1) is 14.7. The highest BCUT2D eigenvalue weighted by molar-refractivity contribution is 7.99. The Morgan fingerprint density at radius 1 is 1.16 bits per heavy atom. The van der Waals surface area contributed by atoms with E-state index in [9.17, 15) is 19.2 Å². The van der Waals surface area contributed by atoms with Gasteiger partial charge in [-0.05, 0) is 32.1 Å². The molecule has 1 saturated heterocycles. The number of nitrogens with one attached hydrogen (secondary N) is 3. The van der Waals surface area contributed by atoms with Crippen molar-refractivity contribution in [3.63, 3.8) is 0 Å². The van der Waals surface area contributed by atoms with Crippen molar-refractivity contribution in [2.75, 3.05) is 18.6 Å². The fourth-order valence-electron chi connectivity index (χ4n) is 3.56. The van der Waals surface area contributed by atoms with Crippen LogP contribution in [0.4, 0.5) is 4.79 Å². The summed E-state index contributed by atoms with van der Waals surface area (Å²) in [7, 11) is 0. The van der Waals surface area contributed by atoms with E-state index >= 15 is 0 Å². The number of primary amides is 1. The molecule has 0 aromatic heterocycles. The maximum Gasteiger partial charge on any atom is 0.315 e. The van der Waals surface area contributed by atoms with E-state index in [1.165, 1.54) is 16.7 Å². The van der Waals surface area contributed by atoms with Crippen LogP contribution in [0, 0.1) is 0 Å². The number of hydrogen-bond acceptors (Lipinski definition) is 5. The molecule has 9 nitrogen and oxygen atoms in total. The van der Waals surface area contributed by atoms with Gasteiger partial charge in [0.25, 0.3) is 0 Å². The van der Waals surface area contributed by atoms with Gasteiger partial charge in [-0.2, -0.15) is 11.8 Å². The van der Waals surface area contributed by atoms with Crippen molar-refractivity contribution in [1.29, 1.82) is 0 Å². The Bertz CT molecular complexity index is 789. The van der Waals surface area contributed by atoms with Crippen molar-refractivity contribution in [2.45, 2.75) is 50.9 Å². The number of rotatable bonds is 9. The minimum Gasteiger partial charge on any atom is -0.368 e. The monoisotopic (exact) mass is 449 g/mol. The second-order valence-corrected chi connectivity index (χ2v) is 8.65. The molecule has 0 radical (unpaired) electrons. The summed E-state index contributed by atoms with van der Waals surface area (Å²) in [5.41, 5.74) is 6.37. The van der Waals surface area contributed by atoms with Crippen LogP contribution >= 0.6 is 11.8 Å². The molecular weight excluding hydrogens is 418 g/mol. The summed E-state index contributed by atoms with van der Waals surface area (Å²) in [4.78, 5) is 51.5. The number of urea groups is 1. The molecular formula is C21H31N5O4S. The molecule has 1 heterocycles. The minimum absolute atomic E-state index is 0.0759. The van der Waals surface area contributed by atoms with E-state index in [4.69, 9.17) is 5.73 Å². The van der Waals surface area contributed by atoms with Crippen LogP contribution in [-0.2, 0) is 20.8 Å². The highest BCUT2D eigenvalue weighted by Crippen LogP contribution is 2.20. The summed E-state index contributed by atoms with van der Waals surface area (Å²) >= 11 is 1.36. The van der Waals surface area contributed by atoms with Gasteiger partial charge < -0.3 is 26.6 Å². The Morgan fingerprint density at radius 3 is 2.42 bits per heavy atom. The van der Waals surface area contributed by atoms with Gasteiger partial charge in [0.2, 0.25) is 17.7 Å². The van der Waals surface area contributed by atoms with Crippen LogP contribution in [0.1, 0.15) is 25.8 Å². The highest BCUT2D eigenvalue weighted by atomic mass is 32.2. The molecule has 10 heteroatoms. The first-order valence-corrected chi connectivity index (χ1v) is 11.6. The number of nitrogens with zero attached hydrogens (tertiary/aromatic N) is 1. The zero-order valence-electron chi connectivity index (χ0n) is 18.1. The number of thioether (sulfide) groups is 1. The molecule has 3 atom stereocenters. The summed E-state index contributed by atoms with van der Waals surface area (Å²) in [5.74, 6) is -1.15. The summed E-state index contributed by atoms with van der Waals surface area (Å²) < 4.78 is 0. The number of hydrogen-bond donors (Lipinski definition) is 4. The van der Waals surface area contributed by atoms with Crippen molar-refractivity contribution in [3.8, 4) is 0 Å². The maximum atomic E-state index is 13.2. The highest BCUT2D eigenvalue weighted by Gasteiger charge is 2.43. The molecule has 5 N–H and O–H groups in total. The number of carbonyl (C=O) groups excluding carboxylic acids is 4. The molecule has 0 bridgehead atoms. The molecule has 5 amide bonds. The molecule has 1 aromatic carbocycles. The quantitative estimate of drug-likeness (QED) is 0.429. The summed E-state index contributed by atoms with van der Waals surface area (Å²) in [6.45, 7) is 3.99. The lowest BCUT2D eigenvalue weighted by atomic mass is 10.0. The third-order valence-corrected chi connectivity index (χ3v) is 5.47.